The SMILES string of the molecule is COCCn1ncc(N(C[C@@H](F)C(C)(C)O)c2ccncc2C(N)=O)c1-c1cnn2cc(Cl)cnc12. The van der Waals surface area contributed by atoms with E-state index in [2.05, 4.69) is 20.2 Å². The number of pyridine rings is 1. The molecule has 0 radical (unpaired) electrons. The van der Waals surface area contributed by atoms with Crippen LogP contribution in [0.25, 0.3) is 16.9 Å². The third-order valence-electron chi connectivity index (χ3n) is 5.66. The van der Waals surface area contributed by atoms with Crippen LogP contribution in [0.15, 0.2) is 43.2 Å². The van der Waals surface area contributed by atoms with Crippen molar-refractivity contribution in [3.8, 4) is 11.3 Å². The summed E-state index contributed by atoms with van der Waals surface area (Å²) < 4.78 is 23.8. The first-order chi connectivity index (χ1) is 17.1. The molecule has 0 saturated carbocycles. The normalized spacial score (nSPS) is 12.7. The van der Waals surface area contributed by atoms with Crippen LogP contribution in [0, 0.1) is 0 Å². The molecule has 0 saturated heterocycles. The molecule has 190 valence electrons. The van der Waals surface area contributed by atoms with Gasteiger partial charge in [-0.2, -0.15) is 10.2 Å². The van der Waals surface area contributed by atoms with Gasteiger partial charge in [0.25, 0.3) is 5.91 Å². The largest absolute Gasteiger partial charge is 0.387 e. The summed E-state index contributed by atoms with van der Waals surface area (Å²) in [6.45, 7) is 3.16. The molecular weight excluding hydrogens is 491 g/mol. The highest BCUT2D eigenvalue weighted by Gasteiger charge is 2.33. The smallest absolute Gasteiger partial charge is 0.252 e. The molecule has 0 aromatic carbocycles. The van der Waals surface area contributed by atoms with Crippen LogP contribution in [-0.2, 0) is 11.3 Å². The number of aliphatic hydroxyl groups is 1. The molecule has 0 spiro atoms. The van der Waals surface area contributed by atoms with Crippen molar-refractivity contribution >= 4 is 34.5 Å². The van der Waals surface area contributed by atoms with Crippen LogP contribution in [0.4, 0.5) is 15.8 Å². The van der Waals surface area contributed by atoms with Crippen molar-refractivity contribution in [2.45, 2.75) is 32.2 Å². The number of halogens is 2. The predicted molar refractivity (Wildman–Crippen MR) is 132 cm³/mol. The molecule has 36 heavy (non-hydrogen) atoms. The number of ether oxygens (including phenoxy) is 1. The molecular formula is C23H26ClFN8O3. The summed E-state index contributed by atoms with van der Waals surface area (Å²) in [4.78, 5) is 22.2. The number of amides is 1. The fraction of sp³-hybridized carbons (Fsp3) is 0.348. The van der Waals surface area contributed by atoms with E-state index in [9.17, 15) is 9.90 Å². The lowest BCUT2D eigenvalue weighted by Crippen LogP contribution is -2.41. The van der Waals surface area contributed by atoms with Gasteiger partial charge in [-0.25, -0.2) is 13.9 Å². The monoisotopic (exact) mass is 516 g/mol. The van der Waals surface area contributed by atoms with Gasteiger partial charge in [0.2, 0.25) is 0 Å². The molecule has 1 amide bonds. The molecule has 1 atom stereocenters. The van der Waals surface area contributed by atoms with Crippen molar-refractivity contribution in [3.63, 3.8) is 0 Å². The van der Waals surface area contributed by atoms with Crippen molar-refractivity contribution in [1.29, 1.82) is 0 Å². The van der Waals surface area contributed by atoms with Crippen molar-refractivity contribution in [1.82, 2.24) is 29.4 Å². The number of aromatic nitrogens is 6. The van der Waals surface area contributed by atoms with Gasteiger partial charge in [0.15, 0.2) is 5.65 Å². The van der Waals surface area contributed by atoms with Crippen molar-refractivity contribution in [2.75, 3.05) is 25.2 Å². The summed E-state index contributed by atoms with van der Waals surface area (Å²) >= 11 is 6.08. The van der Waals surface area contributed by atoms with E-state index in [4.69, 9.17) is 22.1 Å². The van der Waals surface area contributed by atoms with E-state index in [0.29, 0.717) is 46.5 Å². The third kappa shape index (κ3) is 5.01. The summed E-state index contributed by atoms with van der Waals surface area (Å²) in [5, 5.41) is 19.6. The molecule has 0 fully saturated rings. The van der Waals surface area contributed by atoms with Crippen LogP contribution in [0.2, 0.25) is 5.02 Å². The number of hydrogen-bond acceptors (Lipinski definition) is 8. The van der Waals surface area contributed by atoms with E-state index in [1.165, 1.54) is 37.0 Å². The zero-order valence-corrected chi connectivity index (χ0v) is 20.7. The predicted octanol–water partition coefficient (Wildman–Crippen LogP) is 2.63. The Morgan fingerprint density at radius 2 is 2.06 bits per heavy atom. The van der Waals surface area contributed by atoms with E-state index < -0.39 is 17.7 Å². The van der Waals surface area contributed by atoms with Gasteiger partial charge in [0.05, 0.1) is 77.1 Å². The molecule has 3 N–H and O–H groups in total. The number of hydrogen-bond donors (Lipinski definition) is 2. The Kier molecular flexibility index (Phi) is 7.20. The molecule has 0 bridgehead atoms. The summed E-state index contributed by atoms with van der Waals surface area (Å²) in [6.07, 6.45) is 7.34. The van der Waals surface area contributed by atoms with Gasteiger partial charge < -0.3 is 20.5 Å². The maximum absolute atomic E-state index is 15.3. The molecule has 0 unspecified atom stereocenters. The molecule has 0 aliphatic carbocycles. The Bertz CT molecular complexity index is 1380. The number of primary amides is 1. The summed E-state index contributed by atoms with van der Waals surface area (Å²) in [5.41, 5.74) is 6.42. The first kappa shape index (κ1) is 25.5. The second-order valence-electron chi connectivity index (χ2n) is 8.68. The van der Waals surface area contributed by atoms with Crippen molar-refractivity contribution in [3.05, 3.63) is 53.8 Å². The number of nitrogens with two attached hydrogens (primary N) is 1. The topological polar surface area (TPSA) is 137 Å². The first-order valence-corrected chi connectivity index (χ1v) is 11.4. The molecule has 13 heteroatoms. The second kappa shape index (κ2) is 10.2. The fourth-order valence-corrected chi connectivity index (χ4v) is 3.88. The summed E-state index contributed by atoms with van der Waals surface area (Å²) in [7, 11) is 1.57. The Morgan fingerprint density at radius 3 is 2.75 bits per heavy atom. The summed E-state index contributed by atoms with van der Waals surface area (Å²) in [5.74, 6) is -0.734. The number of rotatable bonds is 10. The minimum Gasteiger partial charge on any atom is -0.387 e. The van der Waals surface area contributed by atoms with Crippen LogP contribution in [0.1, 0.15) is 24.2 Å². The Morgan fingerprint density at radius 1 is 1.28 bits per heavy atom. The van der Waals surface area contributed by atoms with Gasteiger partial charge in [-0.15, -0.1) is 0 Å². The number of anilines is 2. The van der Waals surface area contributed by atoms with Crippen LogP contribution < -0.4 is 10.6 Å². The standard InChI is InChI=1S/C23H26ClFN8O3/c1-23(2,35)19(25)13-31(17-4-5-27-9-15(17)21(26)34)18-11-30-32(6-7-36-3)20(18)16-10-29-33-12-14(24)8-28-22(16)33/h4-5,8-12,19,35H,6-7,13H2,1-3H3,(H2,26,34)/t19-/m1/s1. The van der Waals surface area contributed by atoms with Crippen LogP contribution >= 0.6 is 11.6 Å². The van der Waals surface area contributed by atoms with Gasteiger partial charge in [-0.05, 0) is 19.9 Å². The highest BCUT2D eigenvalue weighted by molar-refractivity contribution is 6.30. The number of alkyl halides is 1. The molecule has 4 aromatic heterocycles. The zero-order valence-electron chi connectivity index (χ0n) is 20.0. The van der Waals surface area contributed by atoms with Gasteiger partial charge >= 0.3 is 0 Å². The van der Waals surface area contributed by atoms with Crippen molar-refractivity contribution < 1.29 is 19.0 Å². The Hall–Kier alpha value is -3.61. The number of carbonyl (C=O) groups is 1. The number of methoxy groups -OCH3 is 1. The Labute approximate surface area is 211 Å². The van der Waals surface area contributed by atoms with Gasteiger partial charge in [0, 0.05) is 25.7 Å². The molecule has 4 heterocycles. The average Bonchev–Trinajstić information content (AvgIpc) is 3.43. The van der Waals surface area contributed by atoms with E-state index in [0.717, 1.165) is 0 Å². The van der Waals surface area contributed by atoms with Crippen LogP contribution in [-0.4, -0.2) is 72.4 Å². The zero-order chi connectivity index (χ0) is 26.0. The van der Waals surface area contributed by atoms with Gasteiger partial charge in [0.1, 0.15) is 6.17 Å². The van der Waals surface area contributed by atoms with Gasteiger partial charge in [-0.1, -0.05) is 11.6 Å². The summed E-state index contributed by atoms with van der Waals surface area (Å²) in [6, 6.07) is 1.56. The molecule has 0 aliphatic rings. The van der Waals surface area contributed by atoms with Crippen molar-refractivity contribution in [2.24, 2.45) is 5.73 Å². The minimum absolute atomic E-state index is 0.0841. The quantitative estimate of drug-likeness (QED) is 0.328. The molecule has 0 aliphatic heterocycles. The number of carbonyl (C=O) groups excluding carboxylic acids is 1. The number of fused-ring (bicyclic) bond motifs is 1. The first-order valence-electron chi connectivity index (χ1n) is 11.0. The lowest BCUT2D eigenvalue weighted by molar-refractivity contribution is 0.00145. The molecule has 4 aromatic rings. The lowest BCUT2D eigenvalue weighted by Gasteiger charge is -2.31. The van der Waals surface area contributed by atoms with Crippen LogP contribution in [0.3, 0.4) is 0 Å². The van der Waals surface area contributed by atoms with E-state index in [1.54, 1.807) is 41.3 Å². The maximum Gasteiger partial charge on any atom is 0.252 e. The van der Waals surface area contributed by atoms with Gasteiger partial charge in [-0.3, -0.25) is 14.5 Å². The number of nitrogens with zero attached hydrogens (tertiary/aromatic N) is 7. The average molecular weight is 517 g/mol. The van der Waals surface area contributed by atoms with E-state index >= 15 is 4.39 Å². The van der Waals surface area contributed by atoms with Crippen LogP contribution in [0.5, 0.6) is 0 Å². The fourth-order valence-electron chi connectivity index (χ4n) is 3.74. The molecule has 11 nitrogen and oxygen atoms in total. The Balaban J connectivity index is 1.96. The molecule has 4 rings (SSSR count). The highest BCUT2D eigenvalue weighted by atomic mass is 35.5. The lowest BCUT2D eigenvalue weighted by atomic mass is 10.0. The minimum atomic E-state index is -1.71. The van der Waals surface area contributed by atoms with E-state index in [1.807, 2.05) is 0 Å². The van der Waals surface area contributed by atoms with E-state index in [-0.39, 0.29) is 12.1 Å². The second-order valence-corrected chi connectivity index (χ2v) is 9.12. The third-order valence-corrected chi connectivity index (χ3v) is 5.86. The maximum atomic E-state index is 15.3. The highest BCUT2D eigenvalue weighted by Crippen LogP contribution is 2.39.